The number of carbonyl (C=O) groups is 2. The first-order valence-corrected chi connectivity index (χ1v) is 11.1. The topological polar surface area (TPSA) is 80.8 Å². The van der Waals surface area contributed by atoms with Gasteiger partial charge < -0.3 is 9.64 Å². The van der Waals surface area contributed by atoms with Crippen LogP contribution in [0.3, 0.4) is 0 Å². The molecule has 0 N–H and O–H groups in total. The van der Waals surface area contributed by atoms with E-state index in [1.165, 1.54) is 12.1 Å². The van der Waals surface area contributed by atoms with E-state index in [0.29, 0.717) is 6.42 Å². The van der Waals surface area contributed by atoms with E-state index < -0.39 is 45.7 Å². The normalized spacial score (nSPS) is 21.9. The van der Waals surface area contributed by atoms with E-state index in [1.54, 1.807) is 4.90 Å². The number of hydrogen-bond donors (Lipinski definition) is 0. The Labute approximate surface area is 162 Å². The number of esters is 1. The molecule has 0 radical (unpaired) electrons. The quantitative estimate of drug-likeness (QED) is 0.688. The Morgan fingerprint density at radius 3 is 2.48 bits per heavy atom. The first kappa shape index (κ1) is 20.1. The molecular weight excluding hydrogens is 397 g/mol. The van der Waals surface area contributed by atoms with Crippen LogP contribution in [0.5, 0.6) is 0 Å². The van der Waals surface area contributed by atoms with Crippen LogP contribution in [0.15, 0.2) is 18.2 Å². The molecule has 1 saturated heterocycles. The zero-order chi connectivity index (χ0) is 19.6. The predicted molar refractivity (Wildman–Crippen MR) is 97.9 cm³/mol. The summed E-state index contributed by atoms with van der Waals surface area (Å²) >= 11 is 5.84. The molecule has 6 nitrogen and oxygen atoms in total. The second-order valence-corrected chi connectivity index (χ2v) is 9.60. The van der Waals surface area contributed by atoms with Gasteiger partial charge in [0.1, 0.15) is 11.4 Å². The van der Waals surface area contributed by atoms with Crippen LogP contribution < -0.4 is 0 Å². The summed E-state index contributed by atoms with van der Waals surface area (Å²) in [4.78, 5) is 26.5. The van der Waals surface area contributed by atoms with Crippen molar-refractivity contribution in [3.05, 3.63) is 34.6 Å². The van der Waals surface area contributed by atoms with E-state index in [4.69, 9.17) is 16.3 Å². The lowest BCUT2D eigenvalue weighted by molar-refractivity contribution is -0.139. The van der Waals surface area contributed by atoms with Crippen LogP contribution in [-0.2, 0) is 19.4 Å². The lowest BCUT2D eigenvalue weighted by Gasteiger charge is -2.33. The summed E-state index contributed by atoms with van der Waals surface area (Å²) in [6.07, 6.45) is 3.93. The summed E-state index contributed by atoms with van der Waals surface area (Å²) < 4.78 is 42.5. The minimum absolute atomic E-state index is 0.0495. The first-order valence-electron chi connectivity index (χ1n) is 8.91. The third-order valence-electron chi connectivity index (χ3n) is 5.10. The van der Waals surface area contributed by atoms with Crippen molar-refractivity contribution in [1.29, 1.82) is 0 Å². The Morgan fingerprint density at radius 1 is 1.19 bits per heavy atom. The summed E-state index contributed by atoms with van der Waals surface area (Å²) in [6.45, 7) is -0.573. The maximum atomic E-state index is 13.8. The molecule has 2 fully saturated rings. The number of carbonyl (C=O) groups excluding carboxylic acids is 2. The molecule has 1 aliphatic heterocycles. The molecule has 9 heteroatoms. The molecule has 1 aliphatic carbocycles. The SMILES string of the molecule is O=C(OCC(=O)N(C1CCCC1)[C@H]1CCS(=O)(=O)C1)c1c(F)cccc1Cl. The average Bonchev–Trinajstić information content (AvgIpc) is 3.23. The Balaban J connectivity index is 1.70. The number of nitrogens with zero attached hydrogens (tertiary/aromatic N) is 1. The number of ether oxygens (including phenoxy) is 1. The minimum atomic E-state index is -3.16. The van der Waals surface area contributed by atoms with Crippen molar-refractivity contribution in [2.45, 2.75) is 44.2 Å². The van der Waals surface area contributed by atoms with Crippen molar-refractivity contribution in [1.82, 2.24) is 4.90 Å². The van der Waals surface area contributed by atoms with E-state index in [0.717, 1.165) is 31.7 Å². The molecule has 1 aromatic rings. The van der Waals surface area contributed by atoms with Crippen LogP contribution in [-0.4, -0.2) is 55.4 Å². The van der Waals surface area contributed by atoms with Crippen molar-refractivity contribution < 1.29 is 27.1 Å². The van der Waals surface area contributed by atoms with Crippen molar-refractivity contribution >= 4 is 33.3 Å². The van der Waals surface area contributed by atoms with Gasteiger partial charge in [0.15, 0.2) is 16.4 Å². The molecule has 0 aromatic heterocycles. The highest BCUT2D eigenvalue weighted by Crippen LogP contribution is 2.29. The van der Waals surface area contributed by atoms with Gasteiger partial charge in [-0.1, -0.05) is 30.5 Å². The lowest BCUT2D eigenvalue weighted by atomic mass is 10.1. The van der Waals surface area contributed by atoms with Gasteiger partial charge in [0.05, 0.1) is 16.5 Å². The molecule has 1 aromatic carbocycles. The Bertz CT molecular complexity index is 818. The lowest BCUT2D eigenvalue weighted by Crippen LogP contribution is -2.48. The zero-order valence-electron chi connectivity index (χ0n) is 14.7. The average molecular weight is 418 g/mol. The summed E-state index contributed by atoms with van der Waals surface area (Å²) in [5, 5.41) is -0.0954. The molecule has 1 atom stereocenters. The molecular formula is C18H21ClFNO5S. The fraction of sp³-hybridized carbons (Fsp3) is 0.556. The molecule has 2 aliphatic rings. The molecule has 0 unspecified atom stereocenters. The molecule has 1 saturated carbocycles. The van der Waals surface area contributed by atoms with Crippen molar-refractivity contribution in [3.8, 4) is 0 Å². The number of hydrogen-bond acceptors (Lipinski definition) is 5. The third-order valence-corrected chi connectivity index (χ3v) is 7.17. The van der Waals surface area contributed by atoms with Gasteiger partial charge in [-0.2, -0.15) is 0 Å². The summed E-state index contributed by atoms with van der Waals surface area (Å²) in [5.74, 6) is -2.31. The number of halogens is 2. The van der Waals surface area contributed by atoms with Gasteiger partial charge in [-0.15, -0.1) is 0 Å². The molecule has 148 valence electrons. The maximum Gasteiger partial charge on any atom is 0.343 e. The van der Waals surface area contributed by atoms with E-state index in [-0.39, 0.29) is 22.6 Å². The fourth-order valence-corrected chi connectivity index (χ4v) is 5.80. The second-order valence-electron chi connectivity index (χ2n) is 6.97. The van der Waals surface area contributed by atoms with Gasteiger partial charge >= 0.3 is 5.97 Å². The Kier molecular flexibility index (Phi) is 6.05. The van der Waals surface area contributed by atoms with E-state index >= 15 is 0 Å². The van der Waals surface area contributed by atoms with E-state index in [2.05, 4.69) is 0 Å². The van der Waals surface area contributed by atoms with Gasteiger partial charge in [-0.05, 0) is 31.4 Å². The van der Waals surface area contributed by atoms with E-state index in [1.807, 2.05) is 0 Å². The van der Waals surface area contributed by atoms with Crippen molar-refractivity contribution in [3.63, 3.8) is 0 Å². The van der Waals surface area contributed by atoms with Crippen molar-refractivity contribution in [2.24, 2.45) is 0 Å². The highest BCUT2D eigenvalue weighted by Gasteiger charge is 2.39. The van der Waals surface area contributed by atoms with Crippen LogP contribution in [0, 0.1) is 5.82 Å². The third kappa shape index (κ3) is 4.60. The highest BCUT2D eigenvalue weighted by molar-refractivity contribution is 7.91. The fourth-order valence-electron chi connectivity index (χ4n) is 3.85. The zero-order valence-corrected chi connectivity index (χ0v) is 16.3. The number of benzene rings is 1. The first-order chi connectivity index (χ1) is 12.8. The van der Waals surface area contributed by atoms with Gasteiger partial charge in [0.25, 0.3) is 5.91 Å². The van der Waals surface area contributed by atoms with Crippen LogP contribution in [0.1, 0.15) is 42.5 Å². The molecule has 3 rings (SSSR count). The molecule has 0 bridgehead atoms. The molecule has 1 heterocycles. The monoisotopic (exact) mass is 417 g/mol. The van der Waals surface area contributed by atoms with Gasteiger partial charge in [-0.3, -0.25) is 4.79 Å². The Hall–Kier alpha value is -1.67. The smallest absolute Gasteiger partial charge is 0.343 e. The Morgan fingerprint density at radius 2 is 1.89 bits per heavy atom. The maximum absolute atomic E-state index is 13.8. The van der Waals surface area contributed by atoms with Crippen LogP contribution in [0.4, 0.5) is 4.39 Å². The van der Waals surface area contributed by atoms with Gasteiger partial charge in [0.2, 0.25) is 0 Å². The van der Waals surface area contributed by atoms with E-state index in [9.17, 15) is 22.4 Å². The molecule has 0 spiro atoms. The summed E-state index contributed by atoms with van der Waals surface area (Å²) in [5.41, 5.74) is -0.414. The van der Waals surface area contributed by atoms with Gasteiger partial charge in [-0.25, -0.2) is 17.6 Å². The van der Waals surface area contributed by atoms with Crippen molar-refractivity contribution in [2.75, 3.05) is 18.1 Å². The predicted octanol–water partition coefficient (Wildman–Crippen LogP) is 2.59. The standard InChI is InChI=1S/C18H21ClFNO5S/c19-14-6-3-7-15(20)17(14)18(23)26-10-16(22)21(12-4-1-2-5-12)13-8-9-27(24,25)11-13/h3,6-7,12-13H,1-2,4-5,8-11H2/t13-/m0/s1. The molecule has 27 heavy (non-hydrogen) atoms. The van der Waals surface area contributed by atoms with Crippen LogP contribution >= 0.6 is 11.6 Å². The van der Waals surface area contributed by atoms with Crippen LogP contribution in [0.25, 0.3) is 0 Å². The summed E-state index contributed by atoms with van der Waals surface area (Å²) in [6, 6.07) is 3.35. The number of rotatable bonds is 5. The number of amides is 1. The highest BCUT2D eigenvalue weighted by atomic mass is 35.5. The minimum Gasteiger partial charge on any atom is -0.452 e. The number of sulfone groups is 1. The largest absolute Gasteiger partial charge is 0.452 e. The molecule has 1 amide bonds. The van der Waals surface area contributed by atoms with Gasteiger partial charge in [0, 0.05) is 12.1 Å². The second kappa shape index (κ2) is 8.14. The van der Waals surface area contributed by atoms with Crippen LogP contribution in [0.2, 0.25) is 5.02 Å². The summed E-state index contributed by atoms with van der Waals surface area (Å²) in [7, 11) is -3.16.